The van der Waals surface area contributed by atoms with Crippen LogP contribution in [0.2, 0.25) is 0 Å². The van der Waals surface area contributed by atoms with Crippen molar-refractivity contribution < 1.29 is 19.1 Å². The van der Waals surface area contributed by atoms with E-state index in [0.717, 1.165) is 74.9 Å². The number of carboxylic acid groups (broad SMARTS) is 1. The first-order chi connectivity index (χ1) is 19.8. The van der Waals surface area contributed by atoms with Gasteiger partial charge in [0.25, 0.3) is 5.91 Å². The van der Waals surface area contributed by atoms with E-state index >= 15 is 4.39 Å². The molecule has 1 aromatic heterocycles. The number of halogens is 1. The monoisotopic (exact) mass is 554 g/mol. The maximum Gasteiger partial charge on any atom is 0.337 e. The summed E-state index contributed by atoms with van der Waals surface area (Å²) in [5.74, 6) is -0.336. The Labute approximate surface area is 239 Å². The molecule has 8 heteroatoms. The lowest BCUT2D eigenvalue weighted by atomic mass is 9.96. The highest BCUT2D eigenvalue weighted by atomic mass is 19.1. The number of nitrogens with zero attached hydrogens (tertiary/aromatic N) is 4. The average molecular weight is 555 g/mol. The SMILES string of the molecule is CC1=C(c2ccc(-c3ccc(C(=O)O)cn3)cc2F)C=C2N=C(C(=O)N3CCCCC[C@H]3C)C=C(C3CC3)N2CC1. The number of benzene rings is 1. The van der Waals surface area contributed by atoms with E-state index in [2.05, 4.69) is 16.8 Å². The summed E-state index contributed by atoms with van der Waals surface area (Å²) in [6, 6.07) is 8.22. The minimum absolute atomic E-state index is 0.0125. The lowest BCUT2D eigenvalue weighted by Gasteiger charge is -2.33. The predicted octanol–water partition coefficient (Wildman–Crippen LogP) is 6.45. The second-order valence-corrected chi connectivity index (χ2v) is 11.6. The number of aliphatic imine (C=N–C) groups is 1. The van der Waals surface area contributed by atoms with E-state index in [1.807, 2.05) is 24.0 Å². The van der Waals surface area contributed by atoms with Crippen molar-refractivity contribution in [3.63, 3.8) is 0 Å². The number of carbonyl (C=O) groups is 2. The zero-order chi connectivity index (χ0) is 28.7. The average Bonchev–Trinajstić information content (AvgIpc) is 3.83. The van der Waals surface area contributed by atoms with Crippen LogP contribution in [0.5, 0.6) is 0 Å². The van der Waals surface area contributed by atoms with Crippen molar-refractivity contribution >= 4 is 23.2 Å². The van der Waals surface area contributed by atoms with Crippen LogP contribution in [0.15, 0.2) is 70.8 Å². The predicted molar refractivity (Wildman–Crippen MR) is 156 cm³/mol. The third-order valence-corrected chi connectivity index (χ3v) is 8.65. The number of hydrogen-bond acceptors (Lipinski definition) is 5. The Kier molecular flexibility index (Phi) is 7.32. The highest BCUT2D eigenvalue weighted by Crippen LogP contribution is 2.43. The highest BCUT2D eigenvalue weighted by Gasteiger charge is 2.36. The molecule has 1 aromatic carbocycles. The van der Waals surface area contributed by atoms with Gasteiger partial charge in [-0.2, -0.15) is 0 Å². The van der Waals surface area contributed by atoms with Crippen LogP contribution in [0.4, 0.5) is 4.39 Å². The molecule has 0 bridgehead atoms. The van der Waals surface area contributed by atoms with Crippen LogP contribution in [-0.2, 0) is 4.79 Å². The number of aromatic carboxylic acids is 1. The fraction of sp³-hybridized carbons (Fsp3) is 0.394. The summed E-state index contributed by atoms with van der Waals surface area (Å²) in [5, 5.41) is 9.14. The van der Waals surface area contributed by atoms with E-state index in [-0.39, 0.29) is 17.5 Å². The van der Waals surface area contributed by atoms with Crippen molar-refractivity contribution in [1.29, 1.82) is 0 Å². The van der Waals surface area contributed by atoms with Crippen molar-refractivity contribution in [3.8, 4) is 11.3 Å². The molecule has 2 aromatic rings. The molecule has 0 spiro atoms. The lowest BCUT2D eigenvalue weighted by molar-refractivity contribution is -0.125. The molecule has 2 fully saturated rings. The quantitative estimate of drug-likeness (QED) is 0.459. The van der Waals surface area contributed by atoms with Crippen molar-refractivity contribution in [2.24, 2.45) is 10.9 Å². The maximum absolute atomic E-state index is 15.7. The molecule has 1 saturated heterocycles. The number of rotatable bonds is 5. The Morgan fingerprint density at radius 1 is 1.02 bits per heavy atom. The van der Waals surface area contributed by atoms with Gasteiger partial charge in [0.15, 0.2) is 0 Å². The van der Waals surface area contributed by atoms with E-state index in [4.69, 9.17) is 10.1 Å². The Morgan fingerprint density at radius 2 is 1.85 bits per heavy atom. The first kappa shape index (κ1) is 27.1. The smallest absolute Gasteiger partial charge is 0.337 e. The number of amides is 1. The van der Waals surface area contributed by atoms with Gasteiger partial charge in [0.1, 0.15) is 17.3 Å². The highest BCUT2D eigenvalue weighted by molar-refractivity contribution is 6.43. The molecule has 1 saturated carbocycles. The second kappa shape index (κ2) is 11.1. The van der Waals surface area contributed by atoms with Gasteiger partial charge < -0.3 is 14.9 Å². The van der Waals surface area contributed by atoms with E-state index < -0.39 is 11.8 Å². The first-order valence-corrected chi connectivity index (χ1v) is 14.6. The molecule has 1 N–H and O–H groups in total. The molecule has 6 rings (SSSR count). The summed E-state index contributed by atoms with van der Waals surface area (Å²) in [7, 11) is 0. The Bertz CT molecular complexity index is 1520. The summed E-state index contributed by atoms with van der Waals surface area (Å²) in [6.45, 7) is 5.64. The van der Waals surface area contributed by atoms with Crippen molar-refractivity contribution in [2.45, 2.75) is 64.8 Å². The zero-order valence-electron chi connectivity index (χ0n) is 23.6. The largest absolute Gasteiger partial charge is 0.478 e. The summed E-state index contributed by atoms with van der Waals surface area (Å²) < 4.78 is 15.7. The number of carbonyl (C=O) groups excluding carboxylic acids is 1. The van der Waals surface area contributed by atoms with Crippen LogP contribution < -0.4 is 0 Å². The van der Waals surface area contributed by atoms with Crippen LogP contribution in [-0.4, -0.2) is 56.6 Å². The summed E-state index contributed by atoms with van der Waals surface area (Å²) in [6.07, 6.45) is 12.5. The minimum Gasteiger partial charge on any atom is -0.478 e. The van der Waals surface area contributed by atoms with E-state index in [1.54, 1.807) is 18.2 Å². The van der Waals surface area contributed by atoms with Gasteiger partial charge in [-0.25, -0.2) is 14.2 Å². The molecule has 4 aliphatic rings. The third kappa shape index (κ3) is 5.47. The lowest BCUT2D eigenvalue weighted by Crippen LogP contribution is -2.43. The van der Waals surface area contributed by atoms with Crippen molar-refractivity contribution in [2.75, 3.05) is 13.1 Å². The molecule has 3 aliphatic heterocycles. The molecular weight excluding hydrogens is 519 g/mol. The molecule has 41 heavy (non-hydrogen) atoms. The van der Waals surface area contributed by atoms with Gasteiger partial charge in [-0.15, -0.1) is 0 Å². The molecule has 1 aliphatic carbocycles. The van der Waals surface area contributed by atoms with Crippen molar-refractivity contribution in [1.82, 2.24) is 14.8 Å². The van der Waals surface area contributed by atoms with Gasteiger partial charge in [-0.3, -0.25) is 9.78 Å². The summed E-state index contributed by atoms with van der Waals surface area (Å²) in [5.41, 5.74) is 5.08. The molecule has 212 valence electrons. The molecule has 0 radical (unpaired) electrons. The molecular formula is C33H35FN4O3. The number of allylic oxidation sites excluding steroid dienone is 3. The van der Waals surface area contributed by atoms with Gasteiger partial charge in [0.2, 0.25) is 0 Å². The number of hydrogen-bond donors (Lipinski definition) is 1. The van der Waals surface area contributed by atoms with Crippen LogP contribution in [0, 0.1) is 11.7 Å². The van der Waals surface area contributed by atoms with Gasteiger partial charge >= 0.3 is 5.97 Å². The second-order valence-electron chi connectivity index (χ2n) is 11.6. The number of carboxylic acids is 1. The third-order valence-electron chi connectivity index (χ3n) is 8.65. The normalized spacial score (nSPS) is 21.3. The van der Waals surface area contributed by atoms with Gasteiger partial charge in [-0.05, 0) is 87.8 Å². The maximum atomic E-state index is 15.7. The number of fused-ring (bicyclic) bond motifs is 1. The first-order valence-electron chi connectivity index (χ1n) is 14.6. The summed E-state index contributed by atoms with van der Waals surface area (Å²) >= 11 is 0. The van der Waals surface area contributed by atoms with Crippen LogP contribution >= 0.6 is 0 Å². The zero-order valence-corrected chi connectivity index (χ0v) is 23.6. The summed E-state index contributed by atoms with van der Waals surface area (Å²) in [4.78, 5) is 38.2. The van der Waals surface area contributed by atoms with Gasteiger partial charge in [0, 0.05) is 42.2 Å². The van der Waals surface area contributed by atoms with Crippen LogP contribution in [0.1, 0.15) is 74.7 Å². The van der Waals surface area contributed by atoms with E-state index in [9.17, 15) is 9.59 Å². The molecule has 4 heterocycles. The molecule has 1 amide bonds. The van der Waals surface area contributed by atoms with Crippen molar-refractivity contribution in [3.05, 3.63) is 82.7 Å². The fourth-order valence-corrected chi connectivity index (χ4v) is 6.03. The van der Waals surface area contributed by atoms with Crippen LogP contribution in [0.3, 0.4) is 0 Å². The van der Waals surface area contributed by atoms with E-state index in [1.165, 1.54) is 18.3 Å². The van der Waals surface area contributed by atoms with Gasteiger partial charge in [0.05, 0.1) is 11.3 Å². The van der Waals surface area contributed by atoms with Crippen LogP contribution in [0.25, 0.3) is 16.8 Å². The van der Waals surface area contributed by atoms with E-state index in [0.29, 0.717) is 34.3 Å². The topological polar surface area (TPSA) is 86.1 Å². The minimum atomic E-state index is -1.06. The Hall–Kier alpha value is -4.07. The number of pyridine rings is 1. The Morgan fingerprint density at radius 3 is 2.56 bits per heavy atom. The van der Waals surface area contributed by atoms with Gasteiger partial charge in [-0.1, -0.05) is 30.5 Å². The number of aromatic nitrogens is 1. The molecule has 1 atom stereocenters. The number of likely N-dealkylation sites (tertiary alicyclic amines) is 1. The molecule has 0 unspecified atom stereocenters. The molecule has 7 nitrogen and oxygen atoms in total. The Balaban J connectivity index is 1.35. The fourth-order valence-electron chi connectivity index (χ4n) is 6.03. The standard InChI is InChI=1S/C33H35FN4O3/c1-20-13-15-38-30(22-7-8-22)18-29(32(39)37-14-5-3-4-6-21(37)2)36-31(38)17-26(20)25-11-9-23(16-27(25)34)28-12-10-24(19-35-28)33(40)41/h9-12,16-19,21-22H,3-8,13-15H2,1-2H3,(H,40,41)/t21-/m1/s1.